The molecule has 0 aliphatic carbocycles. The molecule has 3 aromatic rings. The van der Waals surface area contributed by atoms with Gasteiger partial charge in [-0.15, -0.1) is 0 Å². The van der Waals surface area contributed by atoms with Gasteiger partial charge in [0.25, 0.3) is 0 Å². The lowest BCUT2D eigenvalue weighted by molar-refractivity contribution is -0.111. The van der Waals surface area contributed by atoms with Crippen LogP contribution in [0, 0.1) is 6.92 Å². The van der Waals surface area contributed by atoms with Crippen LogP contribution in [0.25, 0.3) is 12.2 Å². The smallest absolute Gasteiger partial charge is 0.185 e. The van der Waals surface area contributed by atoms with Crippen molar-refractivity contribution in [1.29, 1.82) is 0 Å². The monoisotopic (exact) mass is 442 g/mol. The number of rotatable bonds is 8. The van der Waals surface area contributed by atoms with Crippen molar-refractivity contribution in [2.45, 2.75) is 20.0 Å². The molecule has 0 bridgehead atoms. The van der Waals surface area contributed by atoms with Gasteiger partial charge in [0.2, 0.25) is 0 Å². The van der Waals surface area contributed by atoms with Crippen LogP contribution < -0.4 is 0 Å². The molecule has 0 aliphatic heterocycles. The van der Waals surface area contributed by atoms with Gasteiger partial charge in [0.05, 0.1) is 6.61 Å². The van der Waals surface area contributed by atoms with E-state index in [4.69, 9.17) is 0 Å². The van der Waals surface area contributed by atoms with Gasteiger partial charge in [0.1, 0.15) is 17.3 Å². The molecule has 5 nitrogen and oxygen atoms in total. The summed E-state index contributed by atoms with van der Waals surface area (Å²) in [5.74, 6) is -0.337. The maximum Gasteiger partial charge on any atom is 0.185 e. The Balaban J connectivity index is 1.91. The van der Waals surface area contributed by atoms with Crippen LogP contribution in [0.2, 0.25) is 0 Å². The van der Waals surface area contributed by atoms with Crippen molar-refractivity contribution in [3.63, 3.8) is 0 Å². The first-order valence-electron chi connectivity index (χ1n) is 10.5. The highest BCUT2D eigenvalue weighted by Crippen LogP contribution is 2.21. The zero-order chi connectivity index (χ0) is 23.8. The lowest BCUT2D eigenvalue weighted by Gasteiger charge is -2.07. The number of aliphatic hydroxyl groups excluding tert-OH is 2. The molecule has 0 unspecified atom stereocenters. The van der Waals surface area contributed by atoms with E-state index in [0.29, 0.717) is 16.7 Å². The Kier molecular flexibility index (Phi) is 7.84. The Bertz CT molecular complexity index is 1220. The molecule has 4 N–H and O–H groups in total. The molecule has 0 amide bonds. The van der Waals surface area contributed by atoms with E-state index in [-0.39, 0.29) is 41.6 Å². The van der Waals surface area contributed by atoms with Crippen molar-refractivity contribution in [3.8, 4) is 11.5 Å². The molecule has 0 heterocycles. The SMILES string of the molecule is Cc1cc(/C=C/C(O)=C(\Cc2ccccc2)C(=O)/C=C/c2ccc(O)c(CO)c2)ccc1O. The largest absolute Gasteiger partial charge is 0.508 e. The number of hydrogen-bond acceptors (Lipinski definition) is 5. The van der Waals surface area contributed by atoms with Crippen LogP contribution >= 0.6 is 0 Å². The fourth-order valence-electron chi connectivity index (χ4n) is 3.27. The maximum absolute atomic E-state index is 13.0. The number of aliphatic hydroxyl groups is 2. The molecule has 33 heavy (non-hydrogen) atoms. The average Bonchev–Trinajstić information content (AvgIpc) is 2.83. The summed E-state index contributed by atoms with van der Waals surface area (Å²) in [5, 5.41) is 39.5. The van der Waals surface area contributed by atoms with Gasteiger partial charge in [0, 0.05) is 17.6 Å². The highest BCUT2D eigenvalue weighted by atomic mass is 16.3. The number of aromatic hydroxyl groups is 2. The molecule has 3 aromatic carbocycles. The average molecular weight is 443 g/mol. The molecule has 0 saturated heterocycles. The van der Waals surface area contributed by atoms with Crippen LogP contribution in [0.4, 0.5) is 0 Å². The van der Waals surface area contributed by atoms with Gasteiger partial charge in [-0.05, 0) is 65.6 Å². The Morgan fingerprint density at radius 3 is 2.15 bits per heavy atom. The second-order valence-electron chi connectivity index (χ2n) is 7.65. The lowest BCUT2D eigenvalue weighted by Crippen LogP contribution is -2.06. The van der Waals surface area contributed by atoms with Crippen LogP contribution in [-0.4, -0.2) is 26.2 Å². The van der Waals surface area contributed by atoms with Gasteiger partial charge in [0.15, 0.2) is 5.78 Å². The first-order valence-corrected chi connectivity index (χ1v) is 10.5. The topological polar surface area (TPSA) is 98.0 Å². The minimum atomic E-state index is -0.360. The first-order chi connectivity index (χ1) is 15.9. The van der Waals surface area contributed by atoms with Crippen LogP contribution in [-0.2, 0) is 17.8 Å². The maximum atomic E-state index is 13.0. The molecule has 0 aromatic heterocycles. The molecule has 0 fully saturated rings. The molecule has 3 rings (SSSR count). The second-order valence-corrected chi connectivity index (χ2v) is 7.65. The highest BCUT2D eigenvalue weighted by molar-refractivity contribution is 6.07. The second kappa shape index (κ2) is 11.0. The van der Waals surface area contributed by atoms with E-state index in [9.17, 15) is 25.2 Å². The van der Waals surface area contributed by atoms with Crippen molar-refractivity contribution < 1.29 is 25.2 Å². The van der Waals surface area contributed by atoms with Crippen LogP contribution in [0.5, 0.6) is 11.5 Å². The summed E-state index contributed by atoms with van der Waals surface area (Å²) in [6.07, 6.45) is 6.33. The fraction of sp³-hybridized carbons (Fsp3) is 0.107. The lowest BCUT2D eigenvalue weighted by atomic mass is 9.98. The molecule has 0 atom stereocenters. The Labute approximate surface area is 192 Å². The van der Waals surface area contributed by atoms with Crippen LogP contribution in [0.3, 0.4) is 0 Å². The van der Waals surface area contributed by atoms with Crippen molar-refractivity contribution in [3.05, 3.63) is 118 Å². The minimum absolute atomic E-state index is 0.0158. The summed E-state index contributed by atoms with van der Waals surface area (Å²) in [6.45, 7) is 1.46. The third-order valence-electron chi connectivity index (χ3n) is 5.19. The molecule has 0 saturated carbocycles. The predicted octanol–water partition coefficient (Wildman–Crippen LogP) is 5.25. The number of hydrogen-bond donors (Lipinski definition) is 4. The zero-order valence-electron chi connectivity index (χ0n) is 18.3. The van der Waals surface area contributed by atoms with Gasteiger partial charge >= 0.3 is 0 Å². The predicted molar refractivity (Wildman–Crippen MR) is 130 cm³/mol. The number of allylic oxidation sites excluding steroid dienone is 3. The Morgan fingerprint density at radius 1 is 0.848 bits per heavy atom. The number of phenols is 2. The van der Waals surface area contributed by atoms with E-state index in [0.717, 1.165) is 11.1 Å². The van der Waals surface area contributed by atoms with Crippen molar-refractivity contribution in [2.75, 3.05) is 0 Å². The van der Waals surface area contributed by atoms with E-state index < -0.39 is 0 Å². The molecule has 0 radical (unpaired) electrons. The summed E-state index contributed by atoms with van der Waals surface area (Å²) >= 11 is 0. The molecule has 5 heteroatoms. The number of benzene rings is 3. The quantitative estimate of drug-likeness (QED) is 0.217. The van der Waals surface area contributed by atoms with Crippen LogP contribution in [0.15, 0.2) is 90.2 Å². The molecule has 168 valence electrons. The Hall–Kier alpha value is -4.09. The van der Waals surface area contributed by atoms with E-state index in [1.54, 1.807) is 49.4 Å². The zero-order valence-corrected chi connectivity index (χ0v) is 18.3. The highest BCUT2D eigenvalue weighted by Gasteiger charge is 2.13. The first kappa shape index (κ1) is 23.6. The van der Waals surface area contributed by atoms with Crippen molar-refractivity contribution >= 4 is 17.9 Å². The van der Waals surface area contributed by atoms with Gasteiger partial charge in [-0.1, -0.05) is 54.6 Å². The molecular formula is C28H26O5. The standard InChI is InChI=1S/C28H26O5/c1-19-15-21(7-11-25(19)30)9-13-27(32)24(17-20-5-3-2-4-6-20)28(33)14-10-22-8-12-26(31)23(16-22)18-29/h2-16,29-32H,17-18H2,1H3/b13-9+,14-10+,27-24-. The van der Waals surface area contributed by atoms with Gasteiger partial charge in [-0.2, -0.15) is 0 Å². The van der Waals surface area contributed by atoms with Crippen molar-refractivity contribution in [2.24, 2.45) is 0 Å². The van der Waals surface area contributed by atoms with Gasteiger partial charge < -0.3 is 20.4 Å². The molecule has 0 spiro atoms. The summed E-state index contributed by atoms with van der Waals surface area (Å²) in [6, 6.07) is 19.1. The Morgan fingerprint density at radius 2 is 1.48 bits per heavy atom. The van der Waals surface area contributed by atoms with E-state index in [2.05, 4.69) is 0 Å². The number of phenolic OH excluding ortho intramolecular Hbond substituents is 1. The minimum Gasteiger partial charge on any atom is -0.508 e. The van der Waals surface area contributed by atoms with Crippen molar-refractivity contribution in [1.82, 2.24) is 0 Å². The van der Waals surface area contributed by atoms with Gasteiger partial charge in [-0.25, -0.2) is 0 Å². The van der Waals surface area contributed by atoms with Gasteiger partial charge in [-0.3, -0.25) is 4.79 Å². The fourth-order valence-corrected chi connectivity index (χ4v) is 3.27. The number of aryl methyl sites for hydroxylation is 1. The number of ketones is 1. The summed E-state index contributed by atoms with van der Waals surface area (Å²) in [5.41, 5.74) is 3.59. The van der Waals surface area contributed by atoms with Crippen LogP contribution in [0.1, 0.15) is 27.8 Å². The third kappa shape index (κ3) is 6.45. The number of carbonyl (C=O) groups is 1. The summed E-state index contributed by atoms with van der Waals surface area (Å²) in [4.78, 5) is 13.0. The normalized spacial score (nSPS) is 12.3. The van der Waals surface area contributed by atoms with E-state index in [1.807, 2.05) is 30.3 Å². The summed E-state index contributed by atoms with van der Waals surface area (Å²) < 4.78 is 0. The van der Waals surface area contributed by atoms with E-state index >= 15 is 0 Å². The molecule has 0 aliphatic rings. The van der Waals surface area contributed by atoms with E-state index in [1.165, 1.54) is 18.2 Å². The number of carbonyl (C=O) groups excluding carboxylic acids is 1. The third-order valence-corrected chi connectivity index (χ3v) is 5.19. The molecular weight excluding hydrogens is 416 g/mol. The summed E-state index contributed by atoms with van der Waals surface area (Å²) in [7, 11) is 0.